The van der Waals surface area contributed by atoms with Crippen LogP contribution in [0, 0.1) is 0 Å². The lowest BCUT2D eigenvalue weighted by atomic mass is 10.1. The van der Waals surface area contributed by atoms with Gasteiger partial charge < -0.3 is 4.74 Å². The lowest BCUT2D eigenvalue weighted by Gasteiger charge is -2.06. The molecule has 1 aromatic heterocycles. The van der Waals surface area contributed by atoms with E-state index >= 15 is 0 Å². The highest BCUT2D eigenvalue weighted by Gasteiger charge is 2.05. The topological polar surface area (TPSA) is 22.1 Å². The Morgan fingerprint density at radius 2 is 2.17 bits per heavy atom. The van der Waals surface area contributed by atoms with E-state index in [-0.39, 0.29) is 0 Å². The number of aromatic nitrogens is 1. The Balaban J connectivity index is 3.02. The minimum Gasteiger partial charge on any atom is -0.494 e. The predicted octanol–water partition coefficient (Wildman–Crippen LogP) is 2.87. The van der Waals surface area contributed by atoms with E-state index in [4.69, 9.17) is 16.3 Å². The molecular formula is C9H12ClNO. The molecule has 0 aromatic carbocycles. The smallest absolute Gasteiger partial charge is 0.155 e. The minimum atomic E-state index is 0.397. The predicted molar refractivity (Wildman–Crippen MR) is 49.9 cm³/mol. The molecular weight excluding hydrogens is 174 g/mol. The Bertz CT molecular complexity index is 273. The summed E-state index contributed by atoms with van der Waals surface area (Å²) in [6, 6.07) is 1.84. The van der Waals surface area contributed by atoms with Crippen LogP contribution in [0.25, 0.3) is 0 Å². The number of nitrogens with zero attached hydrogens (tertiary/aromatic N) is 1. The summed E-state index contributed by atoms with van der Waals surface area (Å²) in [7, 11) is 1.58. The maximum atomic E-state index is 5.91. The highest BCUT2D eigenvalue weighted by Crippen LogP contribution is 2.25. The molecule has 0 aliphatic rings. The highest BCUT2D eigenvalue weighted by atomic mass is 35.5. The SMILES string of the molecule is COc1cnc(C(C)C)cc1Cl. The maximum Gasteiger partial charge on any atom is 0.155 e. The van der Waals surface area contributed by atoms with Gasteiger partial charge in [-0.3, -0.25) is 4.98 Å². The number of hydrogen-bond acceptors (Lipinski definition) is 2. The van der Waals surface area contributed by atoms with Gasteiger partial charge >= 0.3 is 0 Å². The first-order valence-corrected chi connectivity index (χ1v) is 4.22. The van der Waals surface area contributed by atoms with Crippen molar-refractivity contribution in [3.8, 4) is 5.75 Å². The van der Waals surface area contributed by atoms with Gasteiger partial charge in [-0.1, -0.05) is 25.4 Å². The molecule has 0 fully saturated rings. The zero-order chi connectivity index (χ0) is 9.14. The van der Waals surface area contributed by atoms with Gasteiger partial charge in [-0.2, -0.15) is 0 Å². The number of rotatable bonds is 2. The largest absolute Gasteiger partial charge is 0.494 e. The Morgan fingerprint density at radius 1 is 1.50 bits per heavy atom. The molecule has 0 aliphatic carbocycles. The van der Waals surface area contributed by atoms with Crippen molar-refractivity contribution in [1.29, 1.82) is 0 Å². The first-order chi connectivity index (χ1) is 5.65. The van der Waals surface area contributed by atoms with Crippen LogP contribution in [0.5, 0.6) is 5.75 Å². The van der Waals surface area contributed by atoms with Gasteiger partial charge in [-0.15, -0.1) is 0 Å². The molecule has 0 unspecified atom stereocenters. The van der Waals surface area contributed by atoms with Crippen molar-refractivity contribution in [2.24, 2.45) is 0 Å². The number of methoxy groups -OCH3 is 1. The van der Waals surface area contributed by atoms with Gasteiger partial charge in [-0.25, -0.2) is 0 Å². The third-order valence-electron chi connectivity index (χ3n) is 1.65. The molecule has 0 bridgehead atoms. The minimum absolute atomic E-state index is 0.397. The zero-order valence-electron chi connectivity index (χ0n) is 7.47. The molecule has 0 amide bonds. The van der Waals surface area contributed by atoms with Crippen LogP contribution in [0.15, 0.2) is 12.3 Å². The summed E-state index contributed by atoms with van der Waals surface area (Å²) >= 11 is 5.91. The van der Waals surface area contributed by atoms with E-state index in [0.717, 1.165) is 5.69 Å². The van der Waals surface area contributed by atoms with Gasteiger partial charge in [0, 0.05) is 5.69 Å². The van der Waals surface area contributed by atoms with Gasteiger partial charge in [0.05, 0.1) is 18.3 Å². The molecule has 0 radical (unpaired) electrons. The van der Waals surface area contributed by atoms with E-state index in [2.05, 4.69) is 18.8 Å². The molecule has 2 nitrogen and oxygen atoms in total. The molecule has 0 saturated heterocycles. The third kappa shape index (κ3) is 1.89. The van der Waals surface area contributed by atoms with Crippen molar-refractivity contribution in [3.63, 3.8) is 0 Å². The van der Waals surface area contributed by atoms with Gasteiger partial charge in [-0.05, 0) is 12.0 Å². The fourth-order valence-electron chi connectivity index (χ4n) is 0.899. The first kappa shape index (κ1) is 9.33. The molecule has 0 saturated carbocycles. The van der Waals surface area contributed by atoms with Crippen LogP contribution in [0.4, 0.5) is 0 Å². The summed E-state index contributed by atoms with van der Waals surface area (Å²) in [6.45, 7) is 4.15. The standard InChI is InChI=1S/C9H12ClNO/c1-6(2)8-4-7(10)9(12-3)5-11-8/h4-6H,1-3H3. The van der Waals surface area contributed by atoms with Crippen LogP contribution in [-0.4, -0.2) is 12.1 Å². The average molecular weight is 186 g/mol. The van der Waals surface area contributed by atoms with E-state index in [1.54, 1.807) is 13.3 Å². The van der Waals surface area contributed by atoms with Gasteiger partial charge in [0.25, 0.3) is 0 Å². The zero-order valence-corrected chi connectivity index (χ0v) is 8.22. The first-order valence-electron chi connectivity index (χ1n) is 3.84. The Morgan fingerprint density at radius 3 is 2.58 bits per heavy atom. The second kappa shape index (κ2) is 3.76. The second-order valence-corrected chi connectivity index (χ2v) is 3.31. The summed E-state index contributed by atoms with van der Waals surface area (Å²) < 4.78 is 4.99. The molecule has 0 aliphatic heterocycles. The molecule has 1 heterocycles. The number of hydrogen-bond donors (Lipinski definition) is 0. The van der Waals surface area contributed by atoms with Crippen LogP contribution < -0.4 is 4.74 Å². The molecule has 66 valence electrons. The van der Waals surface area contributed by atoms with Crippen molar-refractivity contribution in [2.75, 3.05) is 7.11 Å². The Hall–Kier alpha value is -0.760. The molecule has 0 spiro atoms. The number of pyridine rings is 1. The van der Waals surface area contributed by atoms with Crippen molar-refractivity contribution in [1.82, 2.24) is 4.98 Å². The van der Waals surface area contributed by atoms with Crippen molar-refractivity contribution < 1.29 is 4.74 Å². The molecule has 0 atom stereocenters. The quantitative estimate of drug-likeness (QED) is 0.707. The lowest BCUT2D eigenvalue weighted by Crippen LogP contribution is -1.93. The van der Waals surface area contributed by atoms with Crippen LogP contribution in [0.3, 0.4) is 0 Å². The van der Waals surface area contributed by atoms with Crippen molar-refractivity contribution in [2.45, 2.75) is 19.8 Å². The van der Waals surface area contributed by atoms with E-state index in [0.29, 0.717) is 16.7 Å². The molecule has 12 heavy (non-hydrogen) atoms. The van der Waals surface area contributed by atoms with Crippen LogP contribution in [0.1, 0.15) is 25.5 Å². The summed E-state index contributed by atoms with van der Waals surface area (Å²) in [5, 5.41) is 0.621. The molecule has 0 N–H and O–H groups in total. The fourth-order valence-corrected chi connectivity index (χ4v) is 1.14. The van der Waals surface area contributed by atoms with Gasteiger partial charge in [0.2, 0.25) is 0 Å². The Kier molecular flexibility index (Phi) is 2.93. The van der Waals surface area contributed by atoms with E-state index < -0.39 is 0 Å². The average Bonchev–Trinajstić information content (AvgIpc) is 2.04. The van der Waals surface area contributed by atoms with Crippen molar-refractivity contribution >= 4 is 11.6 Å². The van der Waals surface area contributed by atoms with Crippen molar-refractivity contribution in [3.05, 3.63) is 23.0 Å². The molecule has 1 rings (SSSR count). The summed E-state index contributed by atoms with van der Waals surface area (Å²) in [5.41, 5.74) is 0.987. The van der Waals surface area contributed by atoms with E-state index in [1.165, 1.54) is 0 Å². The fraction of sp³-hybridized carbons (Fsp3) is 0.444. The highest BCUT2D eigenvalue weighted by molar-refractivity contribution is 6.32. The summed E-state index contributed by atoms with van der Waals surface area (Å²) in [5.74, 6) is 1.02. The van der Waals surface area contributed by atoms with Gasteiger partial charge in [0.1, 0.15) is 0 Å². The van der Waals surface area contributed by atoms with Gasteiger partial charge in [0.15, 0.2) is 5.75 Å². The maximum absolute atomic E-state index is 5.91. The van der Waals surface area contributed by atoms with Crippen LogP contribution >= 0.6 is 11.6 Å². The Labute approximate surface area is 77.5 Å². The lowest BCUT2D eigenvalue weighted by molar-refractivity contribution is 0.412. The molecule has 1 aromatic rings. The van der Waals surface area contributed by atoms with E-state index in [9.17, 15) is 0 Å². The van der Waals surface area contributed by atoms with Crippen LogP contribution in [0.2, 0.25) is 5.02 Å². The van der Waals surface area contributed by atoms with E-state index in [1.807, 2.05) is 6.07 Å². The molecule has 3 heteroatoms. The third-order valence-corrected chi connectivity index (χ3v) is 1.95. The van der Waals surface area contributed by atoms with Crippen LogP contribution in [-0.2, 0) is 0 Å². The number of halogens is 1. The number of ether oxygens (including phenoxy) is 1. The summed E-state index contributed by atoms with van der Waals surface area (Å²) in [6.07, 6.45) is 1.65. The summed E-state index contributed by atoms with van der Waals surface area (Å²) in [4.78, 5) is 4.20. The normalized spacial score (nSPS) is 10.4. The monoisotopic (exact) mass is 185 g/mol. The second-order valence-electron chi connectivity index (χ2n) is 2.90.